The number of pyridine rings is 1. The normalized spacial score (nSPS) is 11.6. The molecule has 0 bridgehead atoms. The molecule has 0 aliphatic rings. The Labute approximate surface area is 115 Å². The number of nitrogens with zero attached hydrogens (tertiary/aromatic N) is 1. The minimum Gasteiger partial charge on any atom is -0.330 e. The fourth-order valence-electron chi connectivity index (χ4n) is 1.72. The van der Waals surface area contributed by atoms with Crippen LogP contribution in [0.15, 0.2) is 24.5 Å². The summed E-state index contributed by atoms with van der Waals surface area (Å²) in [5, 5.41) is 0. The Morgan fingerprint density at radius 3 is 2.47 bits per heavy atom. The van der Waals surface area contributed by atoms with Crippen LogP contribution in [-0.2, 0) is 16.4 Å². The van der Waals surface area contributed by atoms with Crippen molar-refractivity contribution < 1.29 is 8.42 Å². The van der Waals surface area contributed by atoms with Crippen LogP contribution in [0.4, 0.5) is 0 Å². The predicted octanol–water partition coefficient (Wildman–Crippen LogP) is 1.06. The number of nitrogens with two attached hydrogens (primary N) is 1. The van der Waals surface area contributed by atoms with Crippen LogP contribution in [0.25, 0.3) is 0 Å². The number of sulfonamides is 1. The van der Waals surface area contributed by atoms with E-state index < -0.39 is 10.0 Å². The van der Waals surface area contributed by atoms with Crippen LogP contribution >= 0.6 is 0 Å². The summed E-state index contributed by atoms with van der Waals surface area (Å²) in [4.78, 5) is 3.90. The molecule has 0 atom stereocenters. The second-order valence-electron chi connectivity index (χ2n) is 4.52. The van der Waals surface area contributed by atoms with Gasteiger partial charge >= 0.3 is 0 Å². The molecule has 1 heterocycles. The third-order valence-electron chi connectivity index (χ3n) is 2.86. The van der Waals surface area contributed by atoms with Gasteiger partial charge in [0.1, 0.15) is 0 Å². The predicted molar refractivity (Wildman–Crippen MR) is 77.3 cm³/mol. The van der Waals surface area contributed by atoms with E-state index in [1.165, 1.54) is 0 Å². The van der Waals surface area contributed by atoms with Crippen molar-refractivity contribution in [1.29, 1.82) is 0 Å². The second kappa shape index (κ2) is 9.01. The van der Waals surface area contributed by atoms with E-state index in [0.29, 0.717) is 19.5 Å². The molecular weight excluding hydrogens is 262 g/mol. The van der Waals surface area contributed by atoms with Crippen molar-refractivity contribution in [2.75, 3.05) is 18.8 Å². The van der Waals surface area contributed by atoms with Gasteiger partial charge in [-0.3, -0.25) is 4.98 Å². The molecule has 0 radical (unpaired) electrons. The number of aromatic nitrogens is 1. The van der Waals surface area contributed by atoms with Crippen molar-refractivity contribution in [3.63, 3.8) is 0 Å². The van der Waals surface area contributed by atoms with Crippen LogP contribution in [0.5, 0.6) is 0 Å². The van der Waals surface area contributed by atoms with E-state index >= 15 is 0 Å². The van der Waals surface area contributed by atoms with Crippen LogP contribution in [0.1, 0.15) is 31.2 Å². The monoisotopic (exact) mass is 285 g/mol. The van der Waals surface area contributed by atoms with Gasteiger partial charge in [-0.05, 0) is 43.5 Å². The van der Waals surface area contributed by atoms with Crippen LogP contribution in [0.2, 0.25) is 0 Å². The van der Waals surface area contributed by atoms with Crippen LogP contribution in [-0.4, -0.2) is 32.2 Å². The summed E-state index contributed by atoms with van der Waals surface area (Å²) in [6.07, 6.45) is 7.83. The lowest BCUT2D eigenvalue weighted by atomic mass is 10.2. The van der Waals surface area contributed by atoms with Gasteiger partial charge < -0.3 is 5.73 Å². The maximum Gasteiger partial charge on any atom is 0.211 e. The Hall–Kier alpha value is -0.980. The largest absolute Gasteiger partial charge is 0.330 e. The topological polar surface area (TPSA) is 85.1 Å². The van der Waals surface area contributed by atoms with E-state index in [9.17, 15) is 8.42 Å². The highest BCUT2D eigenvalue weighted by molar-refractivity contribution is 7.89. The minimum atomic E-state index is -3.17. The molecule has 0 unspecified atom stereocenters. The van der Waals surface area contributed by atoms with Crippen LogP contribution < -0.4 is 10.5 Å². The number of hydrogen-bond donors (Lipinski definition) is 2. The van der Waals surface area contributed by atoms with Gasteiger partial charge in [0, 0.05) is 18.9 Å². The summed E-state index contributed by atoms with van der Waals surface area (Å²) < 4.78 is 26.1. The highest BCUT2D eigenvalue weighted by Gasteiger charge is 2.09. The molecule has 0 aliphatic heterocycles. The number of unbranched alkanes of at least 4 members (excludes halogenated alkanes) is 3. The van der Waals surface area contributed by atoms with Crippen molar-refractivity contribution >= 4 is 10.0 Å². The van der Waals surface area contributed by atoms with Crippen molar-refractivity contribution in [1.82, 2.24) is 9.71 Å². The number of rotatable bonds is 10. The first-order valence-corrected chi connectivity index (χ1v) is 8.35. The van der Waals surface area contributed by atoms with Crippen molar-refractivity contribution in [2.24, 2.45) is 5.73 Å². The first kappa shape index (κ1) is 16.1. The third-order valence-corrected chi connectivity index (χ3v) is 4.25. The van der Waals surface area contributed by atoms with Gasteiger partial charge in [-0.2, -0.15) is 0 Å². The summed E-state index contributed by atoms with van der Waals surface area (Å²) >= 11 is 0. The molecule has 0 aromatic carbocycles. The molecule has 19 heavy (non-hydrogen) atoms. The van der Waals surface area contributed by atoms with Gasteiger partial charge in [0.25, 0.3) is 0 Å². The molecule has 0 fully saturated rings. The summed E-state index contributed by atoms with van der Waals surface area (Å²) in [7, 11) is -3.17. The molecule has 0 saturated heterocycles. The first-order valence-electron chi connectivity index (χ1n) is 6.70. The SMILES string of the molecule is NCCCCCCNS(=O)(=O)CCc1ccncc1. The molecule has 3 N–H and O–H groups in total. The van der Waals surface area contributed by atoms with Crippen molar-refractivity contribution in [2.45, 2.75) is 32.1 Å². The van der Waals surface area contributed by atoms with Gasteiger partial charge in [-0.15, -0.1) is 0 Å². The molecule has 1 aromatic rings. The number of hydrogen-bond acceptors (Lipinski definition) is 4. The summed E-state index contributed by atoms with van der Waals surface area (Å²) in [6.45, 7) is 1.22. The highest BCUT2D eigenvalue weighted by Crippen LogP contribution is 2.01. The highest BCUT2D eigenvalue weighted by atomic mass is 32.2. The fourth-order valence-corrected chi connectivity index (χ4v) is 2.83. The molecule has 5 nitrogen and oxygen atoms in total. The molecule has 0 aliphatic carbocycles. The van der Waals surface area contributed by atoms with E-state index in [1.54, 1.807) is 12.4 Å². The minimum absolute atomic E-state index is 0.125. The van der Waals surface area contributed by atoms with Crippen molar-refractivity contribution in [3.8, 4) is 0 Å². The van der Waals surface area contributed by atoms with E-state index in [1.807, 2.05) is 12.1 Å². The van der Waals surface area contributed by atoms with Gasteiger partial charge in [0.05, 0.1) is 5.75 Å². The van der Waals surface area contributed by atoms with Gasteiger partial charge in [0.2, 0.25) is 10.0 Å². The van der Waals surface area contributed by atoms with E-state index in [-0.39, 0.29) is 5.75 Å². The lowest BCUT2D eigenvalue weighted by molar-refractivity contribution is 0.571. The smallest absolute Gasteiger partial charge is 0.211 e. The molecule has 0 amide bonds. The lowest BCUT2D eigenvalue weighted by Crippen LogP contribution is -2.28. The standard InChI is InChI=1S/C13H23N3O2S/c14-8-3-1-2-4-9-16-19(17,18)12-7-13-5-10-15-11-6-13/h5-6,10-11,16H,1-4,7-9,12,14H2. The fraction of sp³-hybridized carbons (Fsp3) is 0.615. The van der Waals surface area contributed by atoms with Crippen molar-refractivity contribution in [3.05, 3.63) is 30.1 Å². The first-order chi connectivity index (χ1) is 9.14. The van der Waals surface area contributed by atoms with Crippen LogP contribution in [0, 0.1) is 0 Å². The lowest BCUT2D eigenvalue weighted by Gasteiger charge is -2.06. The average molecular weight is 285 g/mol. The molecule has 0 spiro atoms. The quantitative estimate of drug-likeness (QED) is 0.630. The third kappa shape index (κ3) is 7.92. The van der Waals surface area contributed by atoms with Gasteiger partial charge in [-0.1, -0.05) is 12.8 Å². The zero-order valence-electron chi connectivity index (χ0n) is 11.2. The van der Waals surface area contributed by atoms with E-state index in [0.717, 1.165) is 31.2 Å². The van der Waals surface area contributed by atoms with Gasteiger partial charge in [-0.25, -0.2) is 13.1 Å². The maximum absolute atomic E-state index is 11.7. The van der Waals surface area contributed by atoms with E-state index in [4.69, 9.17) is 5.73 Å². The zero-order valence-corrected chi connectivity index (χ0v) is 12.0. The molecular formula is C13H23N3O2S. The summed E-state index contributed by atoms with van der Waals surface area (Å²) in [5.74, 6) is 0.125. The Morgan fingerprint density at radius 2 is 1.79 bits per heavy atom. The Morgan fingerprint density at radius 1 is 1.11 bits per heavy atom. The molecule has 108 valence electrons. The summed E-state index contributed by atoms with van der Waals surface area (Å²) in [5.41, 5.74) is 6.38. The van der Waals surface area contributed by atoms with E-state index in [2.05, 4.69) is 9.71 Å². The Kier molecular flexibility index (Phi) is 7.62. The zero-order chi connectivity index (χ0) is 14.0. The Bertz CT molecular complexity index is 434. The molecule has 1 aromatic heterocycles. The molecule has 6 heteroatoms. The van der Waals surface area contributed by atoms with Gasteiger partial charge in [0.15, 0.2) is 0 Å². The Balaban J connectivity index is 2.17. The average Bonchev–Trinajstić information content (AvgIpc) is 2.42. The number of nitrogens with one attached hydrogen (secondary N) is 1. The van der Waals surface area contributed by atoms with Crippen LogP contribution in [0.3, 0.4) is 0 Å². The maximum atomic E-state index is 11.7. The summed E-state index contributed by atoms with van der Waals surface area (Å²) in [6, 6.07) is 3.67. The second-order valence-corrected chi connectivity index (χ2v) is 6.45. The molecule has 0 saturated carbocycles. The number of aryl methyl sites for hydroxylation is 1. The molecule has 1 rings (SSSR count).